The summed E-state index contributed by atoms with van der Waals surface area (Å²) in [5.41, 5.74) is 1.63. The molecule has 6 heteroatoms. The summed E-state index contributed by atoms with van der Waals surface area (Å²) in [6.07, 6.45) is 4.40. The number of fused-ring (bicyclic) bond motifs is 1. The summed E-state index contributed by atoms with van der Waals surface area (Å²) in [4.78, 5) is 16.7. The molecule has 1 aliphatic heterocycles. The van der Waals surface area contributed by atoms with Crippen LogP contribution in [0.1, 0.15) is 54.1 Å². The number of benzene rings is 2. The van der Waals surface area contributed by atoms with E-state index < -0.39 is 0 Å². The van der Waals surface area contributed by atoms with Crippen molar-refractivity contribution in [2.75, 3.05) is 33.8 Å². The van der Waals surface area contributed by atoms with E-state index in [2.05, 4.69) is 11.8 Å². The minimum absolute atomic E-state index is 0.118. The number of amides is 1. The predicted octanol–water partition coefficient (Wildman–Crippen LogP) is 5.30. The highest BCUT2D eigenvalue weighted by atomic mass is 19.1. The molecule has 4 rings (SSSR count). The second kappa shape index (κ2) is 10.8. The molecule has 0 radical (unpaired) electrons. The molecule has 1 aliphatic carbocycles. The van der Waals surface area contributed by atoms with Crippen molar-refractivity contribution in [3.63, 3.8) is 0 Å². The Morgan fingerprint density at radius 3 is 2.59 bits per heavy atom. The molecule has 5 nitrogen and oxygen atoms in total. The fourth-order valence-corrected chi connectivity index (χ4v) is 5.11. The molecule has 0 N–H and O–H groups in total. The number of ether oxygens (including phenoxy) is 2. The highest BCUT2D eigenvalue weighted by Crippen LogP contribution is 2.35. The first-order valence-electron chi connectivity index (χ1n) is 12.4. The van der Waals surface area contributed by atoms with Gasteiger partial charge in [0.05, 0.1) is 11.7 Å². The number of hydrogen-bond donors (Lipinski definition) is 0. The third kappa shape index (κ3) is 5.72. The maximum atomic E-state index is 14.5. The van der Waals surface area contributed by atoms with Crippen molar-refractivity contribution in [1.29, 1.82) is 0 Å². The summed E-state index contributed by atoms with van der Waals surface area (Å²) in [6, 6.07) is 11.5. The average Bonchev–Trinajstić information content (AvgIpc) is 3.12. The maximum Gasteiger partial charge on any atom is 0.257 e. The standard InChI is InChI=1S/C28H37FN2O3/c1-19-8-11-23-18-31(28(32)26(23)27(19)29)17-21-9-12-22(13-10-21)20(2)34-25-7-5-6-24(16-25)33-15-14-30(3)4/h5-8,11,16,20-22H,9-10,12-15,17-18H2,1-4H3/t20?,21-,22-. The molecule has 1 saturated carbocycles. The molecule has 184 valence electrons. The Morgan fingerprint density at radius 2 is 1.85 bits per heavy atom. The Bertz CT molecular complexity index is 1000. The summed E-state index contributed by atoms with van der Waals surface area (Å²) in [6.45, 7) is 6.61. The molecule has 1 atom stereocenters. The van der Waals surface area contributed by atoms with E-state index in [-0.39, 0.29) is 23.4 Å². The van der Waals surface area contributed by atoms with Crippen molar-refractivity contribution < 1.29 is 18.7 Å². The van der Waals surface area contributed by atoms with Gasteiger partial charge in [-0.1, -0.05) is 18.2 Å². The molecular weight excluding hydrogens is 431 g/mol. The number of nitrogens with zero attached hydrogens (tertiary/aromatic N) is 2. The van der Waals surface area contributed by atoms with Gasteiger partial charge in [0, 0.05) is 25.7 Å². The quantitative estimate of drug-likeness (QED) is 0.501. The van der Waals surface area contributed by atoms with Gasteiger partial charge in [-0.15, -0.1) is 0 Å². The molecule has 1 amide bonds. The summed E-state index contributed by atoms with van der Waals surface area (Å²) < 4.78 is 26.6. The lowest BCUT2D eigenvalue weighted by atomic mass is 9.79. The number of rotatable bonds is 9. The van der Waals surface area contributed by atoms with Crippen LogP contribution in [0.25, 0.3) is 0 Å². The summed E-state index contributed by atoms with van der Waals surface area (Å²) in [5, 5.41) is 0. The van der Waals surface area contributed by atoms with Crippen LogP contribution in [0.4, 0.5) is 4.39 Å². The molecule has 0 saturated heterocycles. The largest absolute Gasteiger partial charge is 0.492 e. The van der Waals surface area contributed by atoms with E-state index in [0.717, 1.165) is 49.3 Å². The number of carbonyl (C=O) groups is 1. The zero-order chi connectivity index (χ0) is 24.2. The first-order chi connectivity index (χ1) is 16.3. The number of likely N-dealkylation sites (N-methyl/N-ethyl adjacent to an activating group) is 1. The minimum atomic E-state index is -0.355. The third-order valence-electron chi connectivity index (χ3n) is 7.25. The number of carbonyl (C=O) groups excluding carboxylic acids is 1. The van der Waals surface area contributed by atoms with Gasteiger partial charge < -0.3 is 19.3 Å². The van der Waals surface area contributed by atoms with Gasteiger partial charge >= 0.3 is 0 Å². The normalized spacial score (nSPS) is 21.0. The molecule has 0 bridgehead atoms. The molecule has 34 heavy (non-hydrogen) atoms. The van der Waals surface area contributed by atoms with Crippen LogP contribution in [0.15, 0.2) is 36.4 Å². The van der Waals surface area contributed by atoms with Crippen LogP contribution < -0.4 is 9.47 Å². The van der Waals surface area contributed by atoms with E-state index in [1.807, 2.05) is 49.3 Å². The van der Waals surface area contributed by atoms with E-state index in [1.54, 1.807) is 13.0 Å². The summed E-state index contributed by atoms with van der Waals surface area (Å²) in [7, 11) is 4.06. The summed E-state index contributed by atoms with van der Waals surface area (Å²) in [5.74, 6) is 2.11. The SMILES string of the molecule is Cc1ccc2c(c1F)C(=O)N(C[C@H]1CC[C@H](C(C)Oc3cccc(OCCN(C)C)c3)CC1)C2. The van der Waals surface area contributed by atoms with Gasteiger partial charge in [-0.25, -0.2) is 4.39 Å². The zero-order valence-corrected chi connectivity index (χ0v) is 20.9. The topological polar surface area (TPSA) is 42.0 Å². The Kier molecular flexibility index (Phi) is 7.77. The first-order valence-corrected chi connectivity index (χ1v) is 12.4. The van der Waals surface area contributed by atoms with Crippen LogP contribution in [-0.2, 0) is 6.54 Å². The second-order valence-electron chi connectivity index (χ2n) is 10.1. The van der Waals surface area contributed by atoms with Gasteiger partial charge in [0.2, 0.25) is 0 Å². The van der Waals surface area contributed by atoms with Gasteiger partial charge in [-0.05, 0) is 88.7 Å². The van der Waals surface area contributed by atoms with Gasteiger partial charge in [0.1, 0.15) is 23.9 Å². The van der Waals surface area contributed by atoms with Gasteiger partial charge in [-0.3, -0.25) is 4.79 Å². The predicted molar refractivity (Wildman–Crippen MR) is 132 cm³/mol. The van der Waals surface area contributed by atoms with E-state index in [9.17, 15) is 9.18 Å². The average molecular weight is 469 g/mol. The highest BCUT2D eigenvalue weighted by molar-refractivity contribution is 5.98. The maximum absolute atomic E-state index is 14.5. The molecule has 1 fully saturated rings. The molecule has 2 aromatic carbocycles. The summed E-state index contributed by atoms with van der Waals surface area (Å²) >= 11 is 0. The third-order valence-corrected chi connectivity index (χ3v) is 7.25. The monoisotopic (exact) mass is 468 g/mol. The van der Waals surface area contributed by atoms with Crippen LogP contribution in [0, 0.1) is 24.6 Å². The molecular formula is C28H37FN2O3. The number of aryl methyl sites for hydroxylation is 1. The molecule has 1 heterocycles. The van der Waals surface area contributed by atoms with E-state index >= 15 is 0 Å². The lowest BCUT2D eigenvalue weighted by Gasteiger charge is -2.34. The Hall–Kier alpha value is -2.60. The van der Waals surface area contributed by atoms with Crippen molar-refractivity contribution in [2.24, 2.45) is 11.8 Å². The van der Waals surface area contributed by atoms with Crippen molar-refractivity contribution in [3.8, 4) is 11.5 Å². The molecule has 2 aliphatic rings. The smallest absolute Gasteiger partial charge is 0.257 e. The Morgan fingerprint density at radius 1 is 1.12 bits per heavy atom. The van der Waals surface area contributed by atoms with Crippen molar-refractivity contribution in [2.45, 2.75) is 52.2 Å². The minimum Gasteiger partial charge on any atom is -0.492 e. The molecule has 2 aromatic rings. The fraction of sp³-hybridized carbons (Fsp3) is 0.536. The number of halogens is 1. The first kappa shape index (κ1) is 24.5. The zero-order valence-electron chi connectivity index (χ0n) is 20.9. The Labute approximate surface area is 202 Å². The highest BCUT2D eigenvalue weighted by Gasteiger charge is 2.34. The van der Waals surface area contributed by atoms with E-state index in [1.165, 1.54) is 0 Å². The van der Waals surface area contributed by atoms with Gasteiger partial charge in [0.25, 0.3) is 5.91 Å². The number of hydrogen-bond acceptors (Lipinski definition) is 4. The lowest BCUT2D eigenvalue weighted by molar-refractivity contribution is 0.0682. The second-order valence-corrected chi connectivity index (χ2v) is 10.1. The molecule has 0 aromatic heterocycles. The van der Waals surface area contributed by atoms with Crippen LogP contribution in [0.3, 0.4) is 0 Å². The van der Waals surface area contributed by atoms with E-state index in [4.69, 9.17) is 9.47 Å². The molecule has 1 unspecified atom stereocenters. The van der Waals surface area contributed by atoms with Crippen LogP contribution >= 0.6 is 0 Å². The van der Waals surface area contributed by atoms with E-state index in [0.29, 0.717) is 37.1 Å². The van der Waals surface area contributed by atoms with Crippen LogP contribution in [0.2, 0.25) is 0 Å². The lowest BCUT2D eigenvalue weighted by Crippen LogP contribution is -2.34. The van der Waals surface area contributed by atoms with Gasteiger partial charge in [0.15, 0.2) is 0 Å². The van der Waals surface area contributed by atoms with Crippen molar-refractivity contribution in [3.05, 3.63) is 58.9 Å². The molecule has 0 spiro atoms. The van der Waals surface area contributed by atoms with Gasteiger partial charge in [-0.2, -0.15) is 0 Å². The fourth-order valence-electron chi connectivity index (χ4n) is 5.11. The van der Waals surface area contributed by atoms with Crippen LogP contribution in [0.5, 0.6) is 11.5 Å². The Balaban J connectivity index is 1.25. The van der Waals surface area contributed by atoms with Crippen molar-refractivity contribution >= 4 is 5.91 Å². The van der Waals surface area contributed by atoms with Crippen molar-refractivity contribution in [1.82, 2.24) is 9.80 Å². The van der Waals surface area contributed by atoms with Crippen LogP contribution in [-0.4, -0.2) is 55.6 Å².